The van der Waals surface area contributed by atoms with Crippen LogP contribution in [0.4, 0.5) is 0 Å². The molecule has 1 aliphatic rings. The number of rotatable bonds is 2. The Kier molecular flexibility index (Phi) is 5.26. The van der Waals surface area contributed by atoms with Crippen LogP contribution in [-0.4, -0.2) is 24.0 Å². The number of hydrogen-bond donors (Lipinski definition) is 6. The smallest absolute Gasteiger partial charge is 0.202 e. The predicted octanol–water partition coefficient (Wildman–Crippen LogP) is -0.512. The summed E-state index contributed by atoms with van der Waals surface area (Å²) in [5.74, 6) is 0.0422. The van der Waals surface area contributed by atoms with Crippen LogP contribution in [0.15, 0.2) is 0 Å². The zero-order chi connectivity index (χ0) is 13.4. The lowest BCUT2D eigenvalue weighted by molar-refractivity contribution is 0.351. The fourth-order valence-electron chi connectivity index (χ4n) is 1.97. The lowest BCUT2D eigenvalue weighted by Gasteiger charge is -2.30. The summed E-state index contributed by atoms with van der Waals surface area (Å²) in [7, 11) is 0. The molecule has 0 spiro atoms. The van der Waals surface area contributed by atoms with Crippen molar-refractivity contribution >= 4 is 11.9 Å². The maximum absolute atomic E-state index is 8.35. The summed E-state index contributed by atoms with van der Waals surface area (Å²) in [6.07, 6.45) is 6.80. The third-order valence-corrected chi connectivity index (χ3v) is 2.79. The minimum Gasteiger partial charge on any atom is -0.353 e. The Balaban J connectivity index is 2.25. The highest BCUT2D eigenvalue weighted by atomic mass is 15.2. The van der Waals surface area contributed by atoms with E-state index in [1.54, 1.807) is 12.4 Å². The zero-order valence-electron chi connectivity index (χ0n) is 9.88. The van der Waals surface area contributed by atoms with Crippen molar-refractivity contribution in [3.8, 4) is 12.4 Å². The van der Waals surface area contributed by atoms with Gasteiger partial charge in [-0.2, -0.15) is 10.5 Å². The molecule has 1 saturated carbocycles. The van der Waals surface area contributed by atoms with Gasteiger partial charge in [-0.15, -0.1) is 0 Å². The molecule has 0 aliphatic heterocycles. The van der Waals surface area contributed by atoms with Crippen molar-refractivity contribution in [1.82, 2.24) is 21.3 Å². The highest BCUT2D eigenvalue weighted by molar-refractivity contribution is 5.78. The number of hydrogen-bond acceptors (Lipinski definition) is 4. The molecule has 18 heavy (non-hydrogen) atoms. The monoisotopic (exact) mass is 248 g/mol. The summed E-state index contributed by atoms with van der Waals surface area (Å²) in [5.41, 5.74) is 0. The van der Waals surface area contributed by atoms with Crippen LogP contribution in [0.2, 0.25) is 0 Å². The van der Waals surface area contributed by atoms with Crippen molar-refractivity contribution in [2.24, 2.45) is 0 Å². The van der Waals surface area contributed by atoms with Gasteiger partial charge in [0.15, 0.2) is 12.4 Å². The summed E-state index contributed by atoms with van der Waals surface area (Å²) in [6, 6.07) is 0.351. The van der Waals surface area contributed by atoms with E-state index in [1.165, 1.54) is 0 Å². The van der Waals surface area contributed by atoms with E-state index in [2.05, 4.69) is 21.3 Å². The van der Waals surface area contributed by atoms with Gasteiger partial charge in [-0.05, 0) is 25.7 Å². The molecule has 0 saturated heterocycles. The molecule has 0 amide bonds. The lowest BCUT2D eigenvalue weighted by Crippen LogP contribution is -2.47. The molecule has 8 nitrogen and oxygen atoms in total. The van der Waals surface area contributed by atoms with Gasteiger partial charge in [0, 0.05) is 12.1 Å². The summed E-state index contributed by atoms with van der Waals surface area (Å²) < 4.78 is 0. The maximum atomic E-state index is 8.35. The first-order chi connectivity index (χ1) is 8.65. The Morgan fingerprint density at radius 3 is 1.44 bits per heavy atom. The second-order valence-corrected chi connectivity index (χ2v) is 4.06. The molecule has 1 rings (SSSR count). The average Bonchev–Trinajstić information content (AvgIpc) is 2.32. The SMILES string of the molecule is N#CNC(=N)N[C@H]1CC[C@H](NC(=N)NC#N)CC1. The number of nitrogens with one attached hydrogen (secondary N) is 6. The molecule has 1 aliphatic carbocycles. The highest BCUT2D eigenvalue weighted by Gasteiger charge is 2.22. The van der Waals surface area contributed by atoms with Crippen LogP contribution < -0.4 is 21.3 Å². The minimum atomic E-state index is 0.0211. The van der Waals surface area contributed by atoms with Crippen molar-refractivity contribution in [2.75, 3.05) is 0 Å². The average molecular weight is 248 g/mol. The molecule has 6 N–H and O–H groups in total. The standard InChI is InChI=1S/C10H16N8/c11-5-15-9(13)17-7-1-2-8(4-3-7)18-10(14)16-6-12/h7-8H,1-4H2,(H3,13,15,17)(H3,14,16,18)/t7-,8-. The topological polar surface area (TPSA) is 143 Å². The maximum Gasteiger partial charge on any atom is 0.202 e. The first-order valence-corrected chi connectivity index (χ1v) is 5.66. The van der Waals surface area contributed by atoms with Crippen LogP contribution in [0.5, 0.6) is 0 Å². The van der Waals surface area contributed by atoms with Gasteiger partial charge in [-0.3, -0.25) is 21.5 Å². The Bertz CT molecular complexity index is 344. The Morgan fingerprint density at radius 2 is 1.17 bits per heavy atom. The summed E-state index contributed by atoms with van der Waals surface area (Å²) in [6.45, 7) is 0. The van der Waals surface area contributed by atoms with Crippen LogP contribution >= 0.6 is 0 Å². The van der Waals surface area contributed by atoms with E-state index in [0.29, 0.717) is 0 Å². The molecular weight excluding hydrogens is 232 g/mol. The van der Waals surface area contributed by atoms with E-state index in [0.717, 1.165) is 25.7 Å². The minimum absolute atomic E-state index is 0.0211. The van der Waals surface area contributed by atoms with E-state index in [9.17, 15) is 0 Å². The molecule has 0 radical (unpaired) electrons. The number of nitriles is 2. The molecule has 0 aromatic carbocycles. The summed E-state index contributed by atoms with van der Waals surface area (Å²) in [5, 5.41) is 41.8. The van der Waals surface area contributed by atoms with Crippen LogP contribution in [0.25, 0.3) is 0 Å². The zero-order valence-corrected chi connectivity index (χ0v) is 9.88. The summed E-state index contributed by atoms with van der Waals surface area (Å²) in [4.78, 5) is 0. The van der Waals surface area contributed by atoms with Gasteiger partial charge in [-0.25, -0.2) is 0 Å². The van der Waals surface area contributed by atoms with Crippen molar-refractivity contribution in [1.29, 1.82) is 21.3 Å². The molecule has 0 heterocycles. The molecule has 0 aromatic heterocycles. The molecule has 0 atom stereocenters. The van der Waals surface area contributed by atoms with Crippen LogP contribution in [-0.2, 0) is 0 Å². The van der Waals surface area contributed by atoms with Gasteiger partial charge >= 0.3 is 0 Å². The van der Waals surface area contributed by atoms with Gasteiger partial charge in [0.2, 0.25) is 11.9 Å². The van der Waals surface area contributed by atoms with Gasteiger partial charge in [0.1, 0.15) is 0 Å². The molecule has 0 aromatic rings. The van der Waals surface area contributed by atoms with Crippen molar-refractivity contribution in [3.63, 3.8) is 0 Å². The Morgan fingerprint density at radius 1 is 0.833 bits per heavy atom. The van der Waals surface area contributed by atoms with E-state index >= 15 is 0 Å². The highest BCUT2D eigenvalue weighted by Crippen LogP contribution is 2.18. The number of guanidine groups is 2. The third kappa shape index (κ3) is 4.58. The number of nitrogens with zero attached hydrogens (tertiary/aromatic N) is 2. The third-order valence-electron chi connectivity index (χ3n) is 2.79. The van der Waals surface area contributed by atoms with E-state index < -0.39 is 0 Å². The first-order valence-electron chi connectivity index (χ1n) is 5.66. The van der Waals surface area contributed by atoms with Gasteiger partial charge < -0.3 is 10.6 Å². The molecular formula is C10H16N8. The molecule has 8 heteroatoms. The van der Waals surface area contributed by atoms with Crippen molar-refractivity contribution in [3.05, 3.63) is 0 Å². The van der Waals surface area contributed by atoms with Gasteiger partial charge in [0.05, 0.1) is 0 Å². The fourth-order valence-corrected chi connectivity index (χ4v) is 1.97. The van der Waals surface area contributed by atoms with E-state index in [1.807, 2.05) is 0 Å². The van der Waals surface area contributed by atoms with Crippen LogP contribution in [0.3, 0.4) is 0 Å². The quantitative estimate of drug-likeness (QED) is 0.168. The molecule has 1 fully saturated rings. The first kappa shape index (κ1) is 13.6. The van der Waals surface area contributed by atoms with Crippen molar-refractivity contribution in [2.45, 2.75) is 37.8 Å². The normalized spacial score (nSPS) is 21.9. The van der Waals surface area contributed by atoms with Crippen LogP contribution in [0.1, 0.15) is 25.7 Å². The van der Waals surface area contributed by atoms with E-state index in [-0.39, 0.29) is 24.0 Å². The van der Waals surface area contributed by atoms with Gasteiger partial charge in [-0.1, -0.05) is 0 Å². The predicted molar refractivity (Wildman–Crippen MR) is 65.3 cm³/mol. The van der Waals surface area contributed by atoms with Crippen molar-refractivity contribution < 1.29 is 0 Å². The molecule has 96 valence electrons. The lowest BCUT2D eigenvalue weighted by atomic mass is 9.91. The fraction of sp³-hybridized carbons (Fsp3) is 0.600. The second-order valence-electron chi connectivity index (χ2n) is 4.06. The van der Waals surface area contributed by atoms with E-state index in [4.69, 9.17) is 21.3 Å². The van der Waals surface area contributed by atoms with Crippen LogP contribution in [0, 0.1) is 33.7 Å². The largest absolute Gasteiger partial charge is 0.353 e. The summed E-state index contributed by atoms with van der Waals surface area (Å²) >= 11 is 0. The Hall–Kier alpha value is -2.48. The molecule has 0 unspecified atom stereocenters. The molecule has 0 bridgehead atoms. The van der Waals surface area contributed by atoms with Gasteiger partial charge in [0.25, 0.3) is 0 Å². The Labute approximate surface area is 105 Å². The second kappa shape index (κ2) is 6.97.